The lowest BCUT2D eigenvalue weighted by Crippen LogP contribution is -2.39. The summed E-state index contributed by atoms with van der Waals surface area (Å²) in [4.78, 5) is 2.58. The van der Waals surface area contributed by atoms with E-state index in [1.54, 1.807) is 7.11 Å². The van der Waals surface area contributed by atoms with E-state index in [9.17, 15) is 0 Å². The summed E-state index contributed by atoms with van der Waals surface area (Å²) in [5, 5.41) is 3.62. The van der Waals surface area contributed by atoms with Crippen molar-refractivity contribution < 1.29 is 4.74 Å². The van der Waals surface area contributed by atoms with Crippen LogP contribution in [0.5, 0.6) is 0 Å². The Labute approximate surface area is 112 Å². The molecule has 1 fully saturated rings. The van der Waals surface area contributed by atoms with Crippen molar-refractivity contribution in [2.45, 2.75) is 38.6 Å². The Hall–Kier alpha value is -0.160. The van der Waals surface area contributed by atoms with Crippen molar-refractivity contribution in [1.29, 1.82) is 0 Å². The first-order valence-electron chi connectivity index (χ1n) is 7.41. The van der Waals surface area contributed by atoms with E-state index in [4.69, 9.17) is 10.5 Å². The zero-order valence-corrected chi connectivity index (χ0v) is 12.2. The van der Waals surface area contributed by atoms with Gasteiger partial charge in [0.1, 0.15) is 0 Å². The molecule has 0 amide bonds. The minimum atomic E-state index is 0.458. The monoisotopic (exact) mass is 257 g/mol. The summed E-state index contributed by atoms with van der Waals surface area (Å²) in [5.41, 5.74) is 5.56. The fourth-order valence-electron chi connectivity index (χ4n) is 2.65. The number of hydrogen-bond acceptors (Lipinski definition) is 4. The second-order valence-electron chi connectivity index (χ2n) is 5.60. The highest BCUT2D eigenvalue weighted by molar-refractivity contribution is 4.73. The highest BCUT2D eigenvalue weighted by atomic mass is 16.5. The van der Waals surface area contributed by atoms with E-state index in [0.29, 0.717) is 12.0 Å². The number of hydrogen-bond donors (Lipinski definition) is 2. The summed E-state index contributed by atoms with van der Waals surface area (Å²) < 4.78 is 5.25. The van der Waals surface area contributed by atoms with Crippen LogP contribution in [-0.4, -0.2) is 57.4 Å². The maximum Gasteiger partial charge on any atom is 0.0615 e. The SMILES string of the molecule is COCC(CCCN)NCC(C)CN1CCCC1. The molecule has 2 unspecified atom stereocenters. The molecular formula is C14H31N3O. The van der Waals surface area contributed by atoms with Crippen molar-refractivity contribution in [2.75, 3.05) is 46.4 Å². The second-order valence-corrected chi connectivity index (χ2v) is 5.60. The maximum atomic E-state index is 5.56. The first-order valence-corrected chi connectivity index (χ1v) is 7.41. The minimum absolute atomic E-state index is 0.458. The Kier molecular flexibility index (Phi) is 8.59. The molecule has 1 heterocycles. The van der Waals surface area contributed by atoms with Crippen molar-refractivity contribution in [3.8, 4) is 0 Å². The maximum absolute atomic E-state index is 5.56. The van der Waals surface area contributed by atoms with Gasteiger partial charge in [0, 0.05) is 19.7 Å². The first-order chi connectivity index (χ1) is 8.76. The van der Waals surface area contributed by atoms with Crippen LogP contribution in [0, 0.1) is 5.92 Å². The molecule has 1 aliphatic rings. The van der Waals surface area contributed by atoms with Gasteiger partial charge in [-0.1, -0.05) is 6.92 Å². The summed E-state index contributed by atoms with van der Waals surface area (Å²) >= 11 is 0. The van der Waals surface area contributed by atoms with E-state index in [1.807, 2.05) is 0 Å². The molecule has 0 aromatic rings. The Morgan fingerprint density at radius 3 is 2.67 bits per heavy atom. The van der Waals surface area contributed by atoms with Crippen LogP contribution in [0.4, 0.5) is 0 Å². The van der Waals surface area contributed by atoms with Gasteiger partial charge in [-0.2, -0.15) is 0 Å². The van der Waals surface area contributed by atoms with E-state index >= 15 is 0 Å². The molecule has 4 heteroatoms. The third kappa shape index (κ3) is 6.69. The van der Waals surface area contributed by atoms with Crippen LogP contribution in [0.1, 0.15) is 32.6 Å². The molecule has 0 spiro atoms. The van der Waals surface area contributed by atoms with Crippen molar-refractivity contribution in [3.63, 3.8) is 0 Å². The molecule has 1 rings (SSSR count). The molecule has 0 aliphatic carbocycles. The van der Waals surface area contributed by atoms with E-state index in [0.717, 1.165) is 32.5 Å². The Morgan fingerprint density at radius 2 is 2.06 bits per heavy atom. The van der Waals surface area contributed by atoms with Crippen molar-refractivity contribution in [3.05, 3.63) is 0 Å². The summed E-state index contributed by atoms with van der Waals surface area (Å²) in [6, 6.07) is 0.458. The highest BCUT2D eigenvalue weighted by Crippen LogP contribution is 2.10. The number of likely N-dealkylation sites (tertiary alicyclic amines) is 1. The molecule has 0 bridgehead atoms. The molecule has 3 N–H and O–H groups in total. The number of methoxy groups -OCH3 is 1. The number of nitrogens with two attached hydrogens (primary N) is 1. The largest absolute Gasteiger partial charge is 0.383 e. The van der Waals surface area contributed by atoms with Crippen LogP contribution in [0.15, 0.2) is 0 Å². The third-order valence-corrected chi connectivity index (χ3v) is 3.65. The van der Waals surface area contributed by atoms with Crippen LogP contribution in [0.25, 0.3) is 0 Å². The predicted molar refractivity (Wildman–Crippen MR) is 76.8 cm³/mol. The Bertz CT molecular complexity index is 195. The van der Waals surface area contributed by atoms with Gasteiger partial charge in [-0.3, -0.25) is 0 Å². The van der Waals surface area contributed by atoms with Gasteiger partial charge in [0.25, 0.3) is 0 Å². The molecule has 0 radical (unpaired) electrons. The normalized spacial score (nSPS) is 20.2. The van der Waals surface area contributed by atoms with Gasteiger partial charge in [-0.05, 0) is 57.8 Å². The van der Waals surface area contributed by atoms with E-state index in [2.05, 4.69) is 17.1 Å². The number of ether oxygens (including phenoxy) is 1. The van der Waals surface area contributed by atoms with Crippen LogP contribution in [-0.2, 0) is 4.74 Å². The zero-order chi connectivity index (χ0) is 13.2. The Morgan fingerprint density at radius 1 is 1.33 bits per heavy atom. The molecule has 0 saturated carbocycles. The third-order valence-electron chi connectivity index (χ3n) is 3.65. The van der Waals surface area contributed by atoms with E-state index < -0.39 is 0 Å². The molecule has 108 valence electrons. The average molecular weight is 257 g/mol. The topological polar surface area (TPSA) is 50.5 Å². The van der Waals surface area contributed by atoms with Crippen LogP contribution < -0.4 is 11.1 Å². The summed E-state index contributed by atoms with van der Waals surface area (Å²) in [5.74, 6) is 0.709. The summed E-state index contributed by atoms with van der Waals surface area (Å²) in [6.45, 7) is 8.77. The molecule has 0 aromatic heterocycles. The second kappa shape index (κ2) is 9.73. The fourth-order valence-corrected chi connectivity index (χ4v) is 2.65. The predicted octanol–water partition coefficient (Wildman–Crippen LogP) is 1.06. The lowest BCUT2D eigenvalue weighted by molar-refractivity contribution is 0.157. The summed E-state index contributed by atoms with van der Waals surface area (Å²) in [7, 11) is 1.77. The van der Waals surface area contributed by atoms with Crippen LogP contribution in [0.3, 0.4) is 0 Å². The van der Waals surface area contributed by atoms with Crippen molar-refractivity contribution in [1.82, 2.24) is 10.2 Å². The van der Waals surface area contributed by atoms with E-state index in [1.165, 1.54) is 32.5 Å². The van der Waals surface area contributed by atoms with Gasteiger partial charge in [0.2, 0.25) is 0 Å². The molecule has 0 aromatic carbocycles. The van der Waals surface area contributed by atoms with Gasteiger partial charge in [-0.15, -0.1) is 0 Å². The lowest BCUT2D eigenvalue weighted by Gasteiger charge is -2.23. The van der Waals surface area contributed by atoms with Gasteiger partial charge in [0.05, 0.1) is 6.61 Å². The fraction of sp³-hybridized carbons (Fsp3) is 1.00. The standard InChI is InChI=1S/C14H31N3O/c1-13(11-17-8-3-4-9-17)10-16-14(12-18-2)6-5-7-15/h13-14,16H,3-12,15H2,1-2H3. The lowest BCUT2D eigenvalue weighted by atomic mass is 10.1. The summed E-state index contributed by atoms with van der Waals surface area (Å²) in [6.07, 6.45) is 4.94. The highest BCUT2D eigenvalue weighted by Gasteiger charge is 2.15. The molecule has 18 heavy (non-hydrogen) atoms. The van der Waals surface area contributed by atoms with Gasteiger partial charge < -0.3 is 20.7 Å². The van der Waals surface area contributed by atoms with Gasteiger partial charge in [-0.25, -0.2) is 0 Å². The van der Waals surface area contributed by atoms with Crippen LogP contribution >= 0.6 is 0 Å². The Balaban J connectivity index is 2.14. The van der Waals surface area contributed by atoms with Crippen LogP contribution in [0.2, 0.25) is 0 Å². The molecule has 2 atom stereocenters. The number of nitrogens with one attached hydrogen (secondary N) is 1. The quantitative estimate of drug-likeness (QED) is 0.614. The van der Waals surface area contributed by atoms with Gasteiger partial charge in [0.15, 0.2) is 0 Å². The first kappa shape index (κ1) is 15.9. The van der Waals surface area contributed by atoms with E-state index in [-0.39, 0.29) is 0 Å². The smallest absolute Gasteiger partial charge is 0.0615 e. The van der Waals surface area contributed by atoms with Gasteiger partial charge >= 0.3 is 0 Å². The average Bonchev–Trinajstić information content (AvgIpc) is 2.85. The van der Waals surface area contributed by atoms with Crippen molar-refractivity contribution in [2.24, 2.45) is 11.7 Å². The molecular weight excluding hydrogens is 226 g/mol. The molecule has 4 nitrogen and oxygen atoms in total. The zero-order valence-electron chi connectivity index (χ0n) is 12.2. The van der Waals surface area contributed by atoms with Crippen molar-refractivity contribution >= 4 is 0 Å². The minimum Gasteiger partial charge on any atom is -0.383 e. The molecule has 1 aliphatic heterocycles. The molecule has 1 saturated heterocycles. The number of rotatable bonds is 10. The number of nitrogens with zero attached hydrogens (tertiary/aromatic N) is 1.